The van der Waals surface area contributed by atoms with Crippen LogP contribution < -0.4 is 14.8 Å². The first kappa shape index (κ1) is 15.9. The second kappa shape index (κ2) is 8.08. The molecule has 0 saturated carbocycles. The zero-order chi connectivity index (χ0) is 15.8. The Balaban J connectivity index is 1.75. The van der Waals surface area contributed by atoms with Crippen molar-refractivity contribution < 1.29 is 14.3 Å². The van der Waals surface area contributed by atoms with Gasteiger partial charge in [0.15, 0.2) is 0 Å². The van der Waals surface area contributed by atoms with Gasteiger partial charge in [0.1, 0.15) is 11.5 Å². The number of hydrogen-bond acceptors (Lipinski definition) is 3. The molecule has 0 heterocycles. The summed E-state index contributed by atoms with van der Waals surface area (Å²) in [5, 5.41) is 2.85. The highest BCUT2D eigenvalue weighted by atomic mass is 16.5. The molecule has 2 aromatic carbocycles. The number of hydrogen-bond donors (Lipinski definition) is 1. The zero-order valence-electron chi connectivity index (χ0n) is 13.0. The number of benzene rings is 2. The van der Waals surface area contributed by atoms with Gasteiger partial charge in [-0.15, -0.1) is 0 Å². The number of carbonyl (C=O) groups excluding carboxylic acids is 1. The first-order valence-electron chi connectivity index (χ1n) is 7.32. The minimum absolute atomic E-state index is 0.0436. The molecule has 0 saturated heterocycles. The van der Waals surface area contributed by atoms with Crippen LogP contribution in [0.3, 0.4) is 0 Å². The molecule has 116 valence electrons. The fourth-order valence-corrected chi connectivity index (χ4v) is 2.09. The molecule has 4 heteroatoms. The van der Waals surface area contributed by atoms with E-state index in [0.29, 0.717) is 30.9 Å². The molecule has 2 aromatic rings. The van der Waals surface area contributed by atoms with Crippen molar-refractivity contribution in [1.82, 2.24) is 0 Å². The molecule has 2 rings (SSSR count). The Hall–Kier alpha value is -2.49. The van der Waals surface area contributed by atoms with E-state index < -0.39 is 0 Å². The van der Waals surface area contributed by atoms with Gasteiger partial charge in [0.05, 0.1) is 19.4 Å². The molecule has 0 aliphatic heterocycles. The van der Waals surface area contributed by atoms with Gasteiger partial charge in [-0.25, -0.2) is 0 Å². The van der Waals surface area contributed by atoms with Crippen molar-refractivity contribution in [2.75, 3.05) is 19.0 Å². The normalized spacial score (nSPS) is 10.1. The zero-order valence-corrected chi connectivity index (χ0v) is 13.0. The summed E-state index contributed by atoms with van der Waals surface area (Å²) in [6.07, 6.45) is 1.07. The lowest BCUT2D eigenvalue weighted by Crippen LogP contribution is -2.13. The number of carbonyl (C=O) groups is 1. The Bertz CT molecular complexity index is 625. The third-order valence-corrected chi connectivity index (χ3v) is 3.28. The van der Waals surface area contributed by atoms with Crippen LogP contribution in [0.2, 0.25) is 0 Å². The van der Waals surface area contributed by atoms with Crippen LogP contribution >= 0.6 is 0 Å². The number of methoxy groups -OCH3 is 1. The second-order valence-electron chi connectivity index (χ2n) is 4.97. The molecule has 0 unspecified atom stereocenters. The summed E-state index contributed by atoms with van der Waals surface area (Å²) in [4.78, 5) is 11.9. The maximum absolute atomic E-state index is 11.9. The van der Waals surface area contributed by atoms with Crippen molar-refractivity contribution in [2.45, 2.75) is 19.8 Å². The van der Waals surface area contributed by atoms with E-state index in [9.17, 15) is 4.79 Å². The summed E-state index contributed by atoms with van der Waals surface area (Å²) < 4.78 is 10.9. The van der Waals surface area contributed by atoms with Gasteiger partial charge in [0, 0.05) is 6.42 Å². The van der Waals surface area contributed by atoms with Crippen LogP contribution in [0.5, 0.6) is 11.5 Å². The quantitative estimate of drug-likeness (QED) is 0.791. The fraction of sp³-hybridized carbons (Fsp3) is 0.278. The molecule has 0 fully saturated rings. The van der Waals surface area contributed by atoms with Crippen molar-refractivity contribution in [3.63, 3.8) is 0 Å². The van der Waals surface area contributed by atoms with Crippen LogP contribution in [0, 0.1) is 6.92 Å². The summed E-state index contributed by atoms with van der Waals surface area (Å²) in [5.74, 6) is 1.48. The van der Waals surface area contributed by atoms with E-state index in [4.69, 9.17) is 9.47 Å². The van der Waals surface area contributed by atoms with E-state index in [0.717, 1.165) is 11.3 Å². The molecule has 0 aromatic heterocycles. The molecule has 1 N–H and O–H groups in total. The monoisotopic (exact) mass is 299 g/mol. The maximum Gasteiger partial charge on any atom is 0.224 e. The smallest absolute Gasteiger partial charge is 0.224 e. The largest absolute Gasteiger partial charge is 0.495 e. The summed E-state index contributed by atoms with van der Waals surface area (Å²) in [6.45, 7) is 2.52. The summed E-state index contributed by atoms with van der Waals surface area (Å²) in [5.41, 5.74) is 1.79. The summed E-state index contributed by atoms with van der Waals surface area (Å²) >= 11 is 0. The van der Waals surface area contributed by atoms with Crippen LogP contribution in [0.15, 0.2) is 48.5 Å². The van der Waals surface area contributed by atoms with E-state index >= 15 is 0 Å². The standard InChI is InChI=1S/C18H21NO3/c1-14-8-3-5-10-16(14)22-13-7-12-18(20)19-15-9-4-6-11-17(15)21-2/h3-6,8-11H,7,12-13H2,1-2H3,(H,19,20). The number of para-hydroxylation sites is 3. The van der Waals surface area contributed by atoms with Crippen molar-refractivity contribution >= 4 is 11.6 Å². The van der Waals surface area contributed by atoms with E-state index in [1.54, 1.807) is 7.11 Å². The van der Waals surface area contributed by atoms with E-state index in [2.05, 4.69) is 5.32 Å². The lowest BCUT2D eigenvalue weighted by Gasteiger charge is -2.10. The van der Waals surface area contributed by atoms with Crippen LogP contribution in [-0.2, 0) is 4.79 Å². The molecule has 0 radical (unpaired) electrons. The minimum Gasteiger partial charge on any atom is -0.495 e. The van der Waals surface area contributed by atoms with Crippen LogP contribution in [-0.4, -0.2) is 19.6 Å². The highest BCUT2D eigenvalue weighted by Gasteiger charge is 2.07. The Morgan fingerprint density at radius 3 is 2.45 bits per heavy atom. The van der Waals surface area contributed by atoms with Gasteiger partial charge in [-0.3, -0.25) is 4.79 Å². The summed E-state index contributed by atoms with van der Waals surface area (Å²) in [7, 11) is 1.58. The molecule has 0 spiro atoms. The van der Waals surface area contributed by atoms with E-state index in [1.807, 2.05) is 55.5 Å². The second-order valence-corrected chi connectivity index (χ2v) is 4.97. The Kier molecular flexibility index (Phi) is 5.83. The van der Waals surface area contributed by atoms with Crippen molar-refractivity contribution in [1.29, 1.82) is 0 Å². The lowest BCUT2D eigenvalue weighted by molar-refractivity contribution is -0.116. The van der Waals surface area contributed by atoms with Gasteiger partial charge >= 0.3 is 0 Å². The SMILES string of the molecule is COc1ccccc1NC(=O)CCCOc1ccccc1C. The Labute approximate surface area is 131 Å². The third kappa shape index (κ3) is 4.52. The molecule has 1 amide bonds. The maximum atomic E-state index is 11.9. The highest BCUT2D eigenvalue weighted by molar-refractivity contribution is 5.92. The van der Waals surface area contributed by atoms with Crippen LogP contribution in [0.4, 0.5) is 5.69 Å². The van der Waals surface area contributed by atoms with E-state index in [1.165, 1.54) is 0 Å². The molecule has 0 aliphatic carbocycles. The molecule has 22 heavy (non-hydrogen) atoms. The number of anilines is 1. The third-order valence-electron chi connectivity index (χ3n) is 3.28. The number of ether oxygens (including phenoxy) is 2. The average molecular weight is 299 g/mol. The van der Waals surface area contributed by atoms with Gasteiger partial charge in [-0.1, -0.05) is 30.3 Å². The highest BCUT2D eigenvalue weighted by Crippen LogP contribution is 2.23. The lowest BCUT2D eigenvalue weighted by atomic mass is 10.2. The average Bonchev–Trinajstić information content (AvgIpc) is 2.53. The number of nitrogens with one attached hydrogen (secondary N) is 1. The van der Waals surface area contributed by atoms with Gasteiger partial charge < -0.3 is 14.8 Å². The predicted molar refractivity (Wildman–Crippen MR) is 87.5 cm³/mol. The Morgan fingerprint density at radius 1 is 1.05 bits per heavy atom. The number of aryl methyl sites for hydroxylation is 1. The molecular formula is C18H21NO3. The Morgan fingerprint density at radius 2 is 1.73 bits per heavy atom. The summed E-state index contributed by atoms with van der Waals surface area (Å²) in [6, 6.07) is 15.2. The van der Waals surface area contributed by atoms with Gasteiger partial charge in [0.25, 0.3) is 0 Å². The van der Waals surface area contributed by atoms with Gasteiger partial charge in [-0.2, -0.15) is 0 Å². The fourth-order valence-electron chi connectivity index (χ4n) is 2.09. The van der Waals surface area contributed by atoms with Crippen molar-refractivity contribution in [2.24, 2.45) is 0 Å². The minimum atomic E-state index is -0.0436. The van der Waals surface area contributed by atoms with Crippen LogP contribution in [0.25, 0.3) is 0 Å². The molecule has 0 bridgehead atoms. The molecule has 4 nitrogen and oxygen atoms in total. The molecule has 0 aliphatic rings. The van der Waals surface area contributed by atoms with Crippen LogP contribution in [0.1, 0.15) is 18.4 Å². The van der Waals surface area contributed by atoms with Crippen molar-refractivity contribution in [3.05, 3.63) is 54.1 Å². The van der Waals surface area contributed by atoms with E-state index in [-0.39, 0.29) is 5.91 Å². The molecular weight excluding hydrogens is 278 g/mol. The van der Waals surface area contributed by atoms with Crippen molar-refractivity contribution in [3.8, 4) is 11.5 Å². The molecule has 0 atom stereocenters. The predicted octanol–water partition coefficient (Wildman–Crippen LogP) is 3.80. The first-order chi connectivity index (χ1) is 10.7. The van der Waals surface area contributed by atoms with Gasteiger partial charge in [0.2, 0.25) is 5.91 Å². The topological polar surface area (TPSA) is 47.6 Å². The van der Waals surface area contributed by atoms with Gasteiger partial charge in [-0.05, 0) is 37.1 Å². The first-order valence-corrected chi connectivity index (χ1v) is 7.32. The number of rotatable bonds is 7. The number of amides is 1.